The summed E-state index contributed by atoms with van der Waals surface area (Å²) in [7, 11) is -4.64. The SMILES string of the molecule is CC(C)Oc1ccc(S(=O)(=O)c2c(O)cccc2F)c([N+](=O)[O-])c1. The lowest BCUT2D eigenvalue weighted by Crippen LogP contribution is -2.10. The standard InChI is InChI=1S/C15H14FNO6S/c1-9(2)23-10-6-7-14(12(8-10)17(19)20)24(21,22)15-11(16)4-3-5-13(15)18/h3-9,18H,1-2H3. The van der Waals surface area contributed by atoms with Crippen LogP contribution in [0, 0.1) is 15.9 Å². The number of benzene rings is 2. The van der Waals surface area contributed by atoms with E-state index in [-0.39, 0.29) is 11.9 Å². The molecular weight excluding hydrogens is 341 g/mol. The van der Waals surface area contributed by atoms with Crippen molar-refractivity contribution < 1.29 is 27.6 Å². The van der Waals surface area contributed by atoms with E-state index in [1.165, 1.54) is 6.07 Å². The molecule has 2 rings (SSSR count). The summed E-state index contributed by atoms with van der Waals surface area (Å²) < 4.78 is 44.4. The van der Waals surface area contributed by atoms with Crippen LogP contribution < -0.4 is 4.74 Å². The van der Waals surface area contributed by atoms with Crippen molar-refractivity contribution in [3.8, 4) is 11.5 Å². The van der Waals surface area contributed by atoms with Crippen LogP contribution in [-0.2, 0) is 9.84 Å². The maximum atomic E-state index is 13.9. The second-order valence-corrected chi connectivity index (χ2v) is 7.00. The maximum Gasteiger partial charge on any atom is 0.292 e. The van der Waals surface area contributed by atoms with Gasteiger partial charge in [-0.25, -0.2) is 12.8 Å². The Morgan fingerprint density at radius 1 is 1.25 bits per heavy atom. The van der Waals surface area contributed by atoms with Crippen molar-refractivity contribution in [3.63, 3.8) is 0 Å². The lowest BCUT2D eigenvalue weighted by Gasteiger charge is -2.12. The number of rotatable bonds is 5. The van der Waals surface area contributed by atoms with Crippen LogP contribution in [0.15, 0.2) is 46.2 Å². The van der Waals surface area contributed by atoms with Crippen LogP contribution in [0.4, 0.5) is 10.1 Å². The molecule has 0 heterocycles. The van der Waals surface area contributed by atoms with Crippen molar-refractivity contribution in [2.24, 2.45) is 0 Å². The molecule has 0 spiro atoms. The first-order valence-corrected chi connectivity index (χ1v) is 8.30. The van der Waals surface area contributed by atoms with E-state index < -0.39 is 41.8 Å². The molecule has 0 atom stereocenters. The molecule has 2 aromatic rings. The number of nitro groups is 1. The van der Waals surface area contributed by atoms with Crippen LogP contribution in [0.1, 0.15) is 13.8 Å². The smallest absolute Gasteiger partial charge is 0.292 e. The van der Waals surface area contributed by atoms with Crippen molar-refractivity contribution in [1.29, 1.82) is 0 Å². The molecular formula is C15H14FNO6S. The van der Waals surface area contributed by atoms with Crippen LogP contribution in [-0.4, -0.2) is 24.6 Å². The highest BCUT2D eigenvalue weighted by molar-refractivity contribution is 7.91. The Hall–Kier alpha value is -2.68. The van der Waals surface area contributed by atoms with Gasteiger partial charge in [0.25, 0.3) is 5.69 Å². The molecule has 0 radical (unpaired) electrons. The van der Waals surface area contributed by atoms with Crippen molar-refractivity contribution in [2.75, 3.05) is 0 Å². The van der Waals surface area contributed by atoms with Crippen molar-refractivity contribution in [3.05, 3.63) is 52.3 Å². The van der Waals surface area contributed by atoms with Crippen molar-refractivity contribution in [2.45, 2.75) is 29.7 Å². The summed E-state index contributed by atoms with van der Waals surface area (Å²) in [4.78, 5) is 8.59. The summed E-state index contributed by atoms with van der Waals surface area (Å²) in [5.41, 5.74) is -0.768. The average molecular weight is 355 g/mol. The third kappa shape index (κ3) is 3.30. The number of phenols is 1. The number of nitro benzene ring substituents is 1. The number of ether oxygens (including phenoxy) is 1. The van der Waals surface area contributed by atoms with E-state index in [4.69, 9.17) is 4.74 Å². The molecule has 0 aliphatic carbocycles. The fraction of sp³-hybridized carbons (Fsp3) is 0.200. The Labute approximate surface area is 137 Å². The molecule has 1 N–H and O–H groups in total. The molecule has 0 aliphatic heterocycles. The molecule has 0 aromatic heterocycles. The van der Waals surface area contributed by atoms with Gasteiger partial charge in [-0.1, -0.05) is 6.07 Å². The normalized spacial score (nSPS) is 11.5. The molecule has 0 aliphatic rings. The second kappa shape index (κ2) is 6.44. The summed E-state index contributed by atoms with van der Waals surface area (Å²) in [6, 6.07) is 6.09. The summed E-state index contributed by atoms with van der Waals surface area (Å²) in [5, 5.41) is 20.9. The topological polar surface area (TPSA) is 107 Å². The van der Waals surface area contributed by atoms with Gasteiger partial charge in [-0.05, 0) is 38.1 Å². The highest BCUT2D eigenvalue weighted by Crippen LogP contribution is 2.36. The van der Waals surface area contributed by atoms with E-state index in [2.05, 4.69) is 0 Å². The van der Waals surface area contributed by atoms with Gasteiger partial charge in [-0.3, -0.25) is 10.1 Å². The number of aromatic hydroxyl groups is 1. The first-order chi connectivity index (χ1) is 11.1. The number of hydrogen-bond donors (Lipinski definition) is 1. The number of hydrogen-bond acceptors (Lipinski definition) is 6. The fourth-order valence-electron chi connectivity index (χ4n) is 2.09. The predicted molar refractivity (Wildman–Crippen MR) is 82.4 cm³/mol. The monoisotopic (exact) mass is 355 g/mol. The molecule has 0 unspecified atom stereocenters. The van der Waals surface area contributed by atoms with Crippen molar-refractivity contribution >= 4 is 15.5 Å². The zero-order valence-corrected chi connectivity index (χ0v) is 13.6. The minimum absolute atomic E-state index is 0.105. The molecule has 2 aromatic carbocycles. The minimum Gasteiger partial charge on any atom is -0.506 e. The van der Waals surface area contributed by atoms with Gasteiger partial charge < -0.3 is 9.84 Å². The molecule has 0 saturated heterocycles. The van der Waals surface area contributed by atoms with Gasteiger partial charge in [-0.15, -0.1) is 0 Å². The molecule has 9 heteroatoms. The predicted octanol–water partition coefficient (Wildman–Crippen LogP) is 3.06. The van der Waals surface area contributed by atoms with Crippen LogP contribution >= 0.6 is 0 Å². The zero-order valence-electron chi connectivity index (χ0n) is 12.8. The van der Waals surface area contributed by atoms with Crippen molar-refractivity contribution in [1.82, 2.24) is 0 Å². The quantitative estimate of drug-likeness (QED) is 0.652. The Bertz CT molecular complexity index is 875. The largest absolute Gasteiger partial charge is 0.506 e. The first-order valence-electron chi connectivity index (χ1n) is 6.82. The number of phenolic OH excluding ortho intramolecular Hbond substituents is 1. The van der Waals surface area contributed by atoms with E-state index in [1.54, 1.807) is 13.8 Å². The highest BCUT2D eigenvalue weighted by Gasteiger charge is 2.32. The molecule has 0 amide bonds. The minimum atomic E-state index is -4.64. The highest BCUT2D eigenvalue weighted by atomic mass is 32.2. The number of sulfone groups is 1. The van der Waals surface area contributed by atoms with Gasteiger partial charge in [0, 0.05) is 0 Å². The van der Waals surface area contributed by atoms with Crippen LogP contribution in [0.5, 0.6) is 11.5 Å². The summed E-state index contributed by atoms with van der Waals surface area (Å²) in [6.45, 7) is 3.40. The van der Waals surface area contributed by atoms with Gasteiger partial charge >= 0.3 is 0 Å². The maximum absolute atomic E-state index is 13.9. The van der Waals surface area contributed by atoms with Gasteiger partial charge in [0.2, 0.25) is 9.84 Å². The summed E-state index contributed by atoms with van der Waals surface area (Å²) in [5.74, 6) is -1.92. The second-order valence-electron chi connectivity index (χ2n) is 5.14. The Morgan fingerprint density at radius 3 is 2.46 bits per heavy atom. The zero-order chi connectivity index (χ0) is 18.1. The summed E-state index contributed by atoms with van der Waals surface area (Å²) in [6.07, 6.45) is -0.275. The lowest BCUT2D eigenvalue weighted by atomic mass is 10.3. The lowest BCUT2D eigenvalue weighted by molar-refractivity contribution is -0.387. The van der Waals surface area contributed by atoms with E-state index in [1.807, 2.05) is 0 Å². The molecule has 0 bridgehead atoms. The van der Waals surface area contributed by atoms with E-state index in [0.717, 1.165) is 30.3 Å². The summed E-state index contributed by atoms with van der Waals surface area (Å²) >= 11 is 0. The van der Waals surface area contributed by atoms with Gasteiger partial charge in [-0.2, -0.15) is 0 Å². The van der Waals surface area contributed by atoms with E-state index in [9.17, 15) is 28.0 Å². The molecule has 128 valence electrons. The van der Waals surface area contributed by atoms with E-state index >= 15 is 0 Å². The van der Waals surface area contributed by atoms with Crippen LogP contribution in [0.25, 0.3) is 0 Å². The third-order valence-electron chi connectivity index (χ3n) is 3.00. The first kappa shape index (κ1) is 17.7. The van der Waals surface area contributed by atoms with Crippen LogP contribution in [0.2, 0.25) is 0 Å². The third-order valence-corrected chi connectivity index (χ3v) is 4.87. The van der Waals surface area contributed by atoms with Gasteiger partial charge in [0.05, 0.1) is 17.1 Å². The molecule has 7 nitrogen and oxygen atoms in total. The van der Waals surface area contributed by atoms with Crippen LogP contribution in [0.3, 0.4) is 0 Å². The van der Waals surface area contributed by atoms with Gasteiger partial charge in [0.1, 0.15) is 27.1 Å². The Kier molecular flexibility index (Phi) is 4.74. The average Bonchev–Trinajstić information content (AvgIpc) is 2.45. The van der Waals surface area contributed by atoms with Gasteiger partial charge in [0.15, 0.2) is 0 Å². The van der Waals surface area contributed by atoms with E-state index in [0.29, 0.717) is 0 Å². The Morgan fingerprint density at radius 2 is 1.92 bits per heavy atom. The fourth-order valence-corrected chi connectivity index (χ4v) is 3.63. The molecule has 0 saturated carbocycles. The Balaban J connectivity index is 2.69. The number of nitrogens with zero attached hydrogens (tertiary/aromatic N) is 1. The number of halogens is 1. The molecule has 0 fully saturated rings. The molecule has 24 heavy (non-hydrogen) atoms.